The molecule has 0 radical (unpaired) electrons. The predicted molar refractivity (Wildman–Crippen MR) is 60.9 cm³/mol. The van der Waals surface area contributed by atoms with Crippen LogP contribution in [0.2, 0.25) is 0 Å². The molecule has 1 aromatic carbocycles. The van der Waals surface area contributed by atoms with Gasteiger partial charge in [0, 0.05) is 8.47 Å². The second-order valence-electron chi connectivity index (χ2n) is 3.00. The number of thioether (sulfide) groups is 1. The summed E-state index contributed by atoms with van der Waals surface area (Å²) in [6, 6.07) is 2.08. The van der Waals surface area contributed by atoms with Crippen molar-refractivity contribution in [2.75, 3.05) is 6.26 Å². The van der Waals surface area contributed by atoms with Gasteiger partial charge in [-0.3, -0.25) is 0 Å². The van der Waals surface area contributed by atoms with Crippen molar-refractivity contribution in [1.29, 1.82) is 0 Å². The van der Waals surface area contributed by atoms with Gasteiger partial charge in [-0.1, -0.05) is 0 Å². The molecule has 0 spiro atoms. The molecule has 0 bridgehead atoms. The van der Waals surface area contributed by atoms with E-state index in [1.54, 1.807) is 0 Å². The van der Waals surface area contributed by atoms with Crippen molar-refractivity contribution in [3.8, 4) is 0 Å². The molecule has 0 heterocycles. The van der Waals surface area contributed by atoms with Crippen molar-refractivity contribution in [2.45, 2.75) is 17.2 Å². The summed E-state index contributed by atoms with van der Waals surface area (Å²) < 4.78 is 75.5. The van der Waals surface area contributed by atoms with Gasteiger partial charge in [-0.15, -0.1) is 11.8 Å². The molecule has 0 unspecified atom stereocenters. The highest BCUT2D eigenvalue weighted by Gasteiger charge is 2.46. The van der Waals surface area contributed by atoms with E-state index >= 15 is 0 Å². The summed E-state index contributed by atoms with van der Waals surface area (Å²) in [5.74, 6) is 0. The van der Waals surface area contributed by atoms with Crippen LogP contribution in [0.4, 0.5) is 26.3 Å². The maximum atomic E-state index is 12.7. The summed E-state index contributed by atoms with van der Waals surface area (Å²) in [5, 5.41) is 0. The fraction of sp³-hybridized carbons (Fsp3) is 0.333. The standard InChI is InChI=1S/C9H5F6IS/c1-17-5-3-2-4(16)6(8(10,11)12)7(5)9(13,14)15/h2-3H,1H3. The van der Waals surface area contributed by atoms with Crippen LogP contribution in [0.5, 0.6) is 0 Å². The first-order chi connectivity index (χ1) is 7.59. The molecule has 0 aliphatic rings. The molecule has 0 saturated carbocycles. The Bertz CT molecular complexity index is 423. The van der Waals surface area contributed by atoms with Gasteiger partial charge < -0.3 is 0 Å². The van der Waals surface area contributed by atoms with Crippen LogP contribution in [-0.2, 0) is 12.4 Å². The Morgan fingerprint density at radius 1 is 0.941 bits per heavy atom. The van der Waals surface area contributed by atoms with E-state index in [2.05, 4.69) is 0 Å². The zero-order chi connectivity index (χ0) is 13.4. The molecule has 0 fully saturated rings. The van der Waals surface area contributed by atoms with Crippen LogP contribution >= 0.6 is 34.4 Å². The molecular formula is C9H5F6IS. The van der Waals surface area contributed by atoms with Crippen molar-refractivity contribution >= 4 is 34.4 Å². The van der Waals surface area contributed by atoms with E-state index in [0.717, 1.165) is 12.1 Å². The maximum Gasteiger partial charge on any atom is 0.418 e. The number of halogens is 7. The molecule has 0 aliphatic carbocycles. The van der Waals surface area contributed by atoms with Gasteiger partial charge in [0.15, 0.2) is 0 Å². The smallest absolute Gasteiger partial charge is 0.166 e. The van der Waals surface area contributed by atoms with Crippen molar-refractivity contribution < 1.29 is 26.3 Å². The summed E-state index contributed by atoms with van der Waals surface area (Å²) in [6.45, 7) is 0. The highest BCUT2D eigenvalue weighted by molar-refractivity contribution is 14.1. The van der Waals surface area contributed by atoms with Crippen LogP contribution in [0, 0.1) is 3.57 Å². The quantitative estimate of drug-likeness (QED) is 0.370. The van der Waals surface area contributed by atoms with Crippen LogP contribution in [0.3, 0.4) is 0 Å². The lowest BCUT2D eigenvalue weighted by atomic mass is 10.1. The van der Waals surface area contributed by atoms with Gasteiger partial charge >= 0.3 is 12.4 Å². The number of alkyl halides is 6. The SMILES string of the molecule is CSc1ccc(I)c(C(F)(F)F)c1C(F)(F)F. The molecule has 96 valence electrons. The highest BCUT2D eigenvalue weighted by Crippen LogP contribution is 2.46. The maximum absolute atomic E-state index is 12.7. The van der Waals surface area contributed by atoms with Gasteiger partial charge in [-0.25, -0.2) is 0 Å². The van der Waals surface area contributed by atoms with Crippen LogP contribution in [0.1, 0.15) is 11.1 Å². The molecule has 0 aromatic heterocycles. The summed E-state index contributed by atoms with van der Waals surface area (Å²) in [4.78, 5) is -0.426. The molecule has 17 heavy (non-hydrogen) atoms. The minimum Gasteiger partial charge on any atom is -0.166 e. The van der Waals surface area contributed by atoms with E-state index in [9.17, 15) is 26.3 Å². The lowest BCUT2D eigenvalue weighted by molar-refractivity contribution is -0.164. The third kappa shape index (κ3) is 3.21. The highest BCUT2D eigenvalue weighted by atomic mass is 127. The molecule has 0 nitrogen and oxygen atoms in total. The lowest BCUT2D eigenvalue weighted by Crippen LogP contribution is -2.19. The van der Waals surface area contributed by atoms with Gasteiger partial charge in [-0.2, -0.15) is 26.3 Å². The first-order valence-corrected chi connectivity index (χ1v) is 6.40. The minimum absolute atomic E-state index is 0.426. The van der Waals surface area contributed by atoms with Crippen LogP contribution in [0.25, 0.3) is 0 Å². The fourth-order valence-electron chi connectivity index (χ4n) is 1.29. The van der Waals surface area contributed by atoms with Gasteiger partial charge in [0.1, 0.15) is 0 Å². The van der Waals surface area contributed by atoms with E-state index in [1.807, 2.05) is 0 Å². The number of rotatable bonds is 1. The van der Waals surface area contributed by atoms with Crippen molar-refractivity contribution in [1.82, 2.24) is 0 Å². The van der Waals surface area contributed by atoms with Crippen LogP contribution in [0.15, 0.2) is 17.0 Å². The summed E-state index contributed by atoms with van der Waals surface area (Å²) in [5.41, 5.74) is -3.22. The molecule has 0 aliphatic heterocycles. The Hall–Kier alpha value is -0.120. The molecule has 1 aromatic rings. The van der Waals surface area contributed by atoms with Gasteiger partial charge in [0.05, 0.1) is 11.1 Å². The van der Waals surface area contributed by atoms with Crippen molar-refractivity contribution in [2.24, 2.45) is 0 Å². The lowest BCUT2D eigenvalue weighted by Gasteiger charge is -2.19. The largest absolute Gasteiger partial charge is 0.418 e. The van der Waals surface area contributed by atoms with E-state index in [0.29, 0.717) is 11.8 Å². The first-order valence-electron chi connectivity index (χ1n) is 4.10. The third-order valence-corrected chi connectivity index (χ3v) is 3.58. The molecule has 1 rings (SSSR count). The summed E-state index contributed by atoms with van der Waals surface area (Å²) in [6.07, 6.45) is -8.74. The number of benzene rings is 1. The fourth-order valence-corrected chi connectivity index (χ4v) is 2.67. The topological polar surface area (TPSA) is 0 Å². The Kier molecular flexibility index (Phi) is 4.28. The van der Waals surface area contributed by atoms with E-state index < -0.39 is 31.9 Å². The summed E-state index contributed by atoms with van der Waals surface area (Å²) in [7, 11) is 0. The Morgan fingerprint density at radius 3 is 1.76 bits per heavy atom. The minimum atomic E-state index is -5.02. The summed E-state index contributed by atoms with van der Waals surface area (Å²) >= 11 is 1.89. The number of hydrogen-bond acceptors (Lipinski definition) is 1. The van der Waals surface area contributed by atoms with Gasteiger partial charge in [-0.05, 0) is 41.0 Å². The molecule has 0 amide bonds. The van der Waals surface area contributed by atoms with E-state index in [4.69, 9.17) is 0 Å². The normalized spacial score (nSPS) is 12.9. The molecule has 8 heteroatoms. The predicted octanol–water partition coefficient (Wildman–Crippen LogP) is 5.05. The second-order valence-corrected chi connectivity index (χ2v) is 5.01. The zero-order valence-electron chi connectivity index (χ0n) is 8.21. The average molecular weight is 386 g/mol. The van der Waals surface area contributed by atoms with Crippen molar-refractivity contribution in [3.05, 3.63) is 26.8 Å². The van der Waals surface area contributed by atoms with Gasteiger partial charge in [0.25, 0.3) is 0 Å². The first kappa shape index (κ1) is 14.9. The zero-order valence-corrected chi connectivity index (χ0v) is 11.2. The van der Waals surface area contributed by atoms with Crippen molar-refractivity contribution in [3.63, 3.8) is 0 Å². The Labute approximate surface area is 111 Å². The third-order valence-electron chi connectivity index (χ3n) is 1.90. The average Bonchev–Trinajstić information content (AvgIpc) is 2.13. The molecular weight excluding hydrogens is 381 g/mol. The Balaban J connectivity index is 3.67. The van der Waals surface area contributed by atoms with E-state index in [1.165, 1.54) is 28.8 Å². The molecule has 0 saturated heterocycles. The molecule has 0 atom stereocenters. The monoisotopic (exact) mass is 386 g/mol. The van der Waals surface area contributed by atoms with Gasteiger partial charge in [0.2, 0.25) is 0 Å². The number of hydrogen-bond donors (Lipinski definition) is 0. The second kappa shape index (κ2) is 4.87. The Morgan fingerprint density at radius 2 is 1.41 bits per heavy atom. The van der Waals surface area contributed by atoms with E-state index in [-0.39, 0.29) is 0 Å². The van der Waals surface area contributed by atoms with Crippen LogP contribution in [-0.4, -0.2) is 6.26 Å². The molecule has 0 N–H and O–H groups in total. The van der Waals surface area contributed by atoms with Crippen LogP contribution < -0.4 is 0 Å².